The lowest BCUT2D eigenvalue weighted by Gasteiger charge is -2.37. The van der Waals surface area contributed by atoms with Gasteiger partial charge in [-0.05, 0) is 78.8 Å². The average Bonchev–Trinajstić information content (AvgIpc) is 3.18. The van der Waals surface area contributed by atoms with Gasteiger partial charge in [0.05, 0.1) is 13.2 Å². The van der Waals surface area contributed by atoms with Crippen molar-refractivity contribution in [2.75, 3.05) is 6.61 Å². The van der Waals surface area contributed by atoms with E-state index in [2.05, 4.69) is 64.6 Å². The van der Waals surface area contributed by atoms with Gasteiger partial charge in [-0.25, -0.2) is 0 Å². The fourth-order valence-electron chi connectivity index (χ4n) is 5.11. The van der Waals surface area contributed by atoms with E-state index in [-0.39, 0.29) is 5.41 Å². The van der Waals surface area contributed by atoms with Gasteiger partial charge < -0.3 is 9.72 Å². The van der Waals surface area contributed by atoms with Crippen molar-refractivity contribution in [1.82, 2.24) is 9.97 Å². The van der Waals surface area contributed by atoms with Gasteiger partial charge in [-0.3, -0.25) is 4.98 Å². The summed E-state index contributed by atoms with van der Waals surface area (Å²) in [6.45, 7) is 1.47. The number of H-pyrrole nitrogens is 1. The SMILES string of the molecule is c1ccc(CCCC2(COCc3ccncc3)CCc3[nH]c4ccccc4c3C2)cc1. The monoisotopic (exact) mass is 410 g/mol. The van der Waals surface area contributed by atoms with Gasteiger partial charge in [-0.2, -0.15) is 0 Å². The zero-order chi connectivity index (χ0) is 20.9. The minimum Gasteiger partial charge on any atom is -0.376 e. The number of aryl methyl sites for hydroxylation is 2. The van der Waals surface area contributed by atoms with Crippen molar-refractivity contribution in [1.29, 1.82) is 0 Å². The summed E-state index contributed by atoms with van der Waals surface area (Å²) in [5.74, 6) is 0. The van der Waals surface area contributed by atoms with E-state index in [9.17, 15) is 0 Å². The van der Waals surface area contributed by atoms with E-state index in [1.54, 1.807) is 0 Å². The Balaban J connectivity index is 1.33. The Kier molecular flexibility index (Phi) is 5.86. The third-order valence-electron chi connectivity index (χ3n) is 6.80. The van der Waals surface area contributed by atoms with Gasteiger partial charge in [0.2, 0.25) is 0 Å². The van der Waals surface area contributed by atoms with E-state index in [0.717, 1.165) is 25.9 Å². The number of hydrogen-bond acceptors (Lipinski definition) is 2. The van der Waals surface area contributed by atoms with Gasteiger partial charge in [0, 0.05) is 29.0 Å². The van der Waals surface area contributed by atoms with Crippen LogP contribution in [0.4, 0.5) is 0 Å². The number of ether oxygens (including phenoxy) is 1. The highest BCUT2D eigenvalue weighted by Crippen LogP contribution is 2.42. The minimum absolute atomic E-state index is 0.194. The summed E-state index contributed by atoms with van der Waals surface area (Å²) >= 11 is 0. The minimum atomic E-state index is 0.194. The molecule has 5 rings (SSSR count). The van der Waals surface area contributed by atoms with E-state index in [4.69, 9.17) is 4.74 Å². The molecule has 0 spiro atoms. The molecule has 1 aliphatic rings. The summed E-state index contributed by atoms with van der Waals surface area (Å²) in [5.41, 5.74) is 7.02. The largest absolute Gasteiger partial charge is 0.376 e. The van der Waals surface area contributed by atoms with E-state index < -0.39 is 0 Å². The maximum Gasteiger partial charge on any atom is 0.0718 e. The molecular weight excluding hydrogens is 380 g/mol. The smallest absolute Gasteiger partial charge is 0.0718 e. The first kappa shape index (κ1) is 20.0. The molecule has 2 aromatic carbocycles. The summed E-state index contributed by atoms with van der Waals surface area (Å²) in [7, 11) is 0. The molecule has 1 atom stereocenters. The van der Waals surface area contributed by atoms with Crippen LogP contribution in [0.1, 0.15) is 41.6 Å². The van der Waals surface area contributed by atoms with E-state index in [1.165, 1.54) is 52.5 Å². The van der Waals surface area contributed by atoms with E-state index in [0.29, 0.717) is 6.61 Å². The molecule has 3 heteroatoms. The van der Waals surface area contributed by atoms with Crippen LogP contribution in [0.2, 0.25) is 0 Å². The number of aromatic nitrogens is 2. The number of aromatic amines is 1. The van der Waals surface area contributed by atoms with Crippen LogP contribution in [0.15, 0.2) is 79.1 Å². The van der Waals surface area contributed by atoms with Gasteiger partial charge in [-0.15, -0.1) is 0 Å². The number of benzene rings is 2. The Morgan fingerprint density at radius 2 is 1.71 bits per heavy atom. The maximum absolute atomic E-state index is 6.33. The van der Waals surface area contributed by atoms with Gasteiger partial charge in [0.25, 0.3) is 0 Å². The number of pyridine rings is 1. The Labute approximate surface area is 184 Å². The molecule has 2 heterocycles. The Bertz CT molecular complexity index is 1070. The van der Waals surface area contributed by atoms with Crippen LogP contribution in [0.5, 0.6) is 0 Å². The molecule has 3 nitrogen and oxygen atoms in total. The molecule has 1 N–H and O–H groups in total. The fraction of sp³-hybridized carbons (Fsp3) is 0.321. The van der Waals surface area contributed by atoms with Crippen molar-refractivity contribution in [2.45, 2.75) is 45.1 Å². The van der Waals surface area contributed by atoms with Gasteiger partial charge >= 0.3 is 0 Å². The highest BCUT2D eigenvalue weighted by Gasteiger charge is 2.36. The molecule has 0 bridgehead atoms. The molecule has 0 aliphatic heterocycles. The predicted molar refractivity (Wildman–Crippen MR) is 126 cm³/mol. The Hall–Kier alpha value is -2.91. The number of rotatable bonds is 8. The molecule has 0 saturated heterocycles. The lowest BCUT2D eigenvalue weighted by atomic mass is 9.70. The van der Waals surface area contributed by atoms with Crippen molar-refractivity contribution >= 4 is 10.9 Å². The number of hydrogen-bond donors (Lipinski definition) is 1. The first-order valence-corrected chi connectivity index (χ1v) is 11.4. The second-order valence-corrected chi connectivity index (χ2v) is 8.99. The molecule has 0 fully saturated rings. The fourth-order valence-corrected chi connectivity index (χ4v) is 5.11. The van der Waals surface area contributed by atoms with Gasteiger partial charge in [0.15, 0.2) is 0 Å². The first-order valence-electron chi connectivity index (χ1n) is 11.4. The van der Waals surface area contributed by atoms with Crippen LogP contribution < -0.4 is 0 Å². The molecule has 158 valence electrons. The summed E-state index contributed by atoms with van der Waals surface area (Å²) in [6, 6.07) is 23.7. The lowest BCUT2D eigenvalue weighted by Crippen LogP contribution is -2.34. The summed E-state index contributed by atoms with van der Waals surface area (Å²) in [4.78, 5) is 7.79. The zero-order valence-corrected chi connectivity index (χ0v) is 18.0. The molecule has 0 amide bonds. The van der Waals surface area contributed by atoms with Crippen molar-refractivity contribution in [3.05, 3.63) is 102 Å². The highest BCUT2D eigenvalue weighted by atomic mass is 16.5. The standard InChI is InChI=1S/C28H30N2O/c1-2-7-22(8-3-1)9-6-15-28(21-31-20-23-13-17-29-18-14-23)16-12-27-25(19-28)24-10-4-5-11-26(24)30-27/h1-5,7-8,10-11,13-14,17-18,30H,6,9,12,15-16,19-21H2. The number of nitrogens with zero attached hydrogens (tertiary/aromatic N) is 1. The predicted octanol–water partition coefficient (Wildman–Crippen LogP) is 6.28. The Morgan fingerprint density at radius 1 is 0.903 bits per heavy atom. The number of para-hydroxylation sites is 1. The van der Waals surface area contributed by atoms with Crippen LogP contribution in [0.25, 0.3) is 10.9 Å². The summed E-state index contributed by atoms with van der Waals surface area (Å²) in [5, 5.41) is 1.39. The van der Waals surface area contributed by atoms with Crippen molar-refractivity contribution < 1.29 is 4.74 Å². The van der Waals surface area contributed by atoms with Gasteiger partial charge in [0.1, 0.15) is 0 Å². The average molecular weight is 411 g/mol. The van der Waals surface area contributed by atoms with Crippen LogP contribution in [-0.2, 0) is 30.6 Å². The maximum atomic E-state index is 6.33. The third-order valence-corrected chi connectivity index (χ3v) is 6.80. The van der Waals surface area contributed by atoms with Gasteiger partial charge in [-0.1, -0.05) is 48.5 Å². The topological polar surface area (TPSA) is 37.9 Å². The zero-order valence-electron chi connectivity index (χ0n) is 18.0. The molecule has 4 aromatic rings. The summed E-state index contributed by atoms with van der Waals surface area (Å²) in [6.07, 6.45) is 10.6. The second-order valence-electron chi connectivity index (χ2n) is 8.99. The normalized spacial score (nSPS) is 18.2. The lowest BCUT2D eigenvalue weighted by molar-refractivity contribution is 0.0185. The van der Waals surface area contributed by atoms with Crippen molar-refractivity contribution in [3.8, 4) is 0 Å². The molecule has 2 aromatic heterocycles. The second kappa shape index (κ2) is 9.07. The number of nitrogens with one attached hydrogen (secondary N) is 1. The summed E-state index contributed by atoms with van der Waals surface area (Å²) < 4.78 is 6.33. The van der Waals surface area contributed by atoms with Crippen LogP contribution in [0.3, 0.4) is 0 Å². The first-order chi connectivity index (χ1) is 15.3. The van der Waals surface area contributed by atoms with Crippen molar-refractivity contribution in [3.63, 3.8) is 0 Å². The molecule has 31 heavy (non-hydrogen) atoms. The molecular formula is C28H30N2O. The molecule has 0 saturated carbocycles. The molecule has 1 unspecified atom stereocenters. The van der Waals surface area contributed by atoms with Crippen LogP contribution >= 0.6 is 0 Å². The Morgan fingerprint density at radius 3 is 2.58 bits per heavy atom. The van der Waals surface area contributed by atoms with E-state index in [1.807, 2.05) is 24.5 Å². The van der Waals surface area contributed by atoms with Crippen LogP contribution in [-0.4, -0.2) is 16.6 Å². The third kappa shape index (κ3) is 4.57. The highest BCUT2D eigenvalue weighted by molar-refractivity contribution is 5.85. The quantitative estimate of drug-likeness (QED) is 0.371. The molecule has 1 aliphatic carbocycles. The van der Waals surface area contributed by atoms with E-state index >= 15 is 0 Å². The molecule has 0 radical (unpaired) electrons. The number of fused-ring (bicyclic) bond motifs is 3. The van der Waals surface area contributed by atoms with Crippen LogP contribution in [0, 0.1) is 5.41 Å². The van der Waals surface area contributed by atoms with Crippen molar-refractivity contribution in [2.24, 2.45) is 5.41 Å².